The fourth-order valence-electron chi connectivity index (χ4n) is 1.73. The first-order valence-corrected chi connectivity index (χ1v) is 5.61. The molecule has 6 heteroatoms. The summed E-state index contributed by atoms with van der Waals surface area (Å²) in [6.07, 6.45) is -3.08. The molecular weight excluding hydrogens is 259 g/mol. The van der Waals surface area contributed by atoms with E-state index in [0.29, 0.717) is 18.8 Å². The molecule has 0 aliphatic rings. The number of benzene rings is 1. The minimum absolute atomic E-state index is 0.424. The summed E-state index contributed by atoms with van der Waals surface area (Å²) in [5, 5.41) is 8.90. The molecular formula is C13H14F3NO2. The number of carbonyl (C=O) groups is 1. The lowest BCUT2D eigenvalue weighted by Crippen LogP contribution is -2.23. The van der Waals surface area contributed by atoms with Crippen molar-refractivity contribution in [3.63, 3.8) is 0 Å². The van der Waals surface area contributed by atoms with Crippen LogP contribution in [-0.2, 0) is 6.18 Å². The van der Waals surface area contributed by atoms with Gasteiger partial charge in [0.1, 0.15) is 0 Å². The zero-order chi connectivity index (χ0) is 14.6. The first-order chi connectivity index (χ1) is 8.81. The maximum Gasteiger partial charge on any atom is 0.417 e. The summed E-state index contributed by atoms with van der Waals surface area (Å²) < 4.78 is 38.0. The van der Waals surface area contributed by atoms with Crippen LogP contribution in [-0.4, -0.2) is 24.2 Å². The number of nitrogens with zero attached hydrogens (tertiary/aromatic N) is 1. The summed E-state index contributed by atoms with van der Waals surface area (Å²) in [4.78, 5) is 12.7. The van der Waals surface area contributed by atoms with E-state index in [9.17, 15) is 18.0 Å². The Hall–Kier alpha value is -1.98. The van der Waals surface area contributed by atoms with E-state index in [1.54, 1.807) is 11.0 Å². The van der Waals surface area contributed by atoms with Crippen molar-refractivity contribution in [2.75, 3.05) is 18.0 Å². The lowest BCUT2D eigenvalue weighted by Gasteiger charge is -2.22. The summed E-state index contributed by atoms with van der Waals surface area (Å²) in [5.41, 5.74) is -1.46. The normalized spacial score (nSPS) is 11.2. The molecule has 0 radical (unpaired) electrons. The monoisotopic (exact) mass is 273 g/mol. The Bertz CT molecular complexity index is 483. The molecule has 0 aliphatic heterocycles. The minimum Gasteiger partial charge on any atom is -0.478 e. The van der Waals surface area contributed by atoms with E-state index in [1.807, 2.05) is 6.92 Å². The first-order valence-electron chi connectivity index (χ1n) is 5.61. The molecule has 0 saturated heterocycles. The average Bonchev–Trinajstić information content (AvgIpc) is 2.34. The number of alkyl halides is 3. The van der Waals surface area contributed by atoms with Crippen LogP contribution in [0.3, 0.4) is 0 Å². The minimum atomic E-state index is -4.68. The largest absolute Gasteiger partial charge is 0.478 e. The van der Waals surface area contributed by atoms with Crippen LogP contribution in [0.4, 0.5) is 18.9 Å². The van der Waals surface area contributed by atoms with Crippen LogP contribution >= 0.6 is 0 Å². The van der Waals surface area contributed by atoms with Gasteiger partial charge in [0.05, 0.1) is 11.1 Å². The maximum absolute atomic E-state index is 12.7. The molecule has 0 aliphatic carbocycles. The third-order valence-corrected chi connectivity index (χ3v) is 2.64. The quantitative estimate of drug-likeness (QED) is 0.836. The Balaban J connectivity index is 3.30. The number of hydrogen-bond acceptors (Lipinski definition) is 2. The second kappa shape index (κ2) is 5.77. The zero-order valence-electron chi connectivity index (χ0n) is 10.4. The molecule has 0 heterocycles. The van der Waals surface area contributed by atoms with Gasteiger partial charge in [0.2, 0.25) is 0 Å². The molecule has 0 bridgehead atoms. The smallest absolute Gasteiger partial charge is 0.417 e. The van der Waals surface area contributed by atoms with E-state index in [0.717, 1.165) is 12.1 Å². The van der Waals surface area contributed by atoms with Gasteiger partial charge in [0.25, 0.3) is 0 Å². The Labute approximate surface area is 109 Å². The molecule has 0 spiro atoms. The molecule has 0 unspecified atom stereocenters. The number of hydrogen-bond donors (Lipinski definition) is 1. The van der Waals surface area contributed by atoms with E-state index in [2.05, 4.69) is 6.58 Å². The van der Waals surface area contributed by atoms with Crippen molar-refractivity contribution in [2.24, 2.45) is 0 Å². The van der Waals surface area contributed by atoms with Crippen molar-refractivity contribution in [2.45, 2.75) is 13.1 Å². The van der Waals surface area contributed by atoms with Gasteiger partial charge in [0, 0.05) is 18.8 Å². The molecule has 0 amide bonds. The summed E-state index contributed by atoms with van der Waals surface area (Å²) in [7, 11) is 0. The molecule has 19 heavy (non-hydrogen) atoms. The molecule has 1 rings (SSSR count). The molecule has 0 aromatic heterocycles. The number of anilines is 1. The van der Waals surface area contributed by atoms with Crippen LogP contribution in [0, 0.1) is 0 Å². The van der Waals surface area contributed by atoms with Gasteiger partial charge >= 0.3 is 12.1 Å². The van der Waals surface area contributed by atoms with Crippen molar-refractivity contribution in [3.05, 3.63) is 42.0 Å². The number of carboxylic acid groups (broad SMARTS) is 1. The molecule has 1 aromatic rings. The van der Waals surface area contributed by atoms with Crippen LogP contribution in [0.2, 0.25) is 0 Å². The lowest BCUT2D eigenvalue weighted by atomic mass is 10.1. The summed E-state index contributed by atoms with van der Waals surface area (Å²) >= 11 is 0. The second-order valence-electron chi connectivity index (χ2n) is 3.86. The fraction of sp³-hybridized carbons (Fsp3) is 0.308. The zero-order valence-corrected chi connectivity index (χ0v) is 10.4. The third-order valence-electron chi connectivity index (χ3n) is 2.64. The molecule has 1 N–H and O–H groups in total. The summed E-state index contributed by atoms with van der Waals surface area (Å²) in [6.45, 7) is 6.34. The summed E-state index contributed by atoms with van der Waals surface area (Å²) in [6, 6.07) is 3.10. The lowest BCUT2D eigenvalue weighted by molar-refractivity contribution is -0.138. The highest BCUT2D eigenvalue weighted by atomic mass is 19.4. The summed E-state index contributed by atoms with van der Waals surface area (Å²) in [5.74, 6) is -1.59. The predicted molar refractivity (Wildman–Crippen MR) is 66.5 cm³/mol. The van der Waals surface area contributed by atoms with E-state index in [4.69, 9.17) is 5.11 Å². The Morgan fingerprint density at radius 1 is 1.47 bits per heavy atom. The van der Waals surface area contributed by atoms with Gasteiger partial charge in [-0.15, -0.1) is 6.58 Å². The maximum atomic E-state index is 12.7. The molecule has 0 saturated carbocycles. The Morgan fingerprint density at radius 2 is 2.11 bits per heavy atom. The second-order valence-corrected chi connectivity index (χ2v) is 3.86. The third kappa shape index (κ3) is 3.49. The number of rotatable bonds is 5. The van der Waals surface area contributed by atoms with E-state index in [-0.39, 0.29) is 0 Å². The fourth-order valence-corrected chi connectivity index (χ4v) is 1.73. The van der Waals surface area contributed by atoms with Gasteiger partial charge in [-0.25, -0.2) is 4.79 Å². The highest BCUT2D eigenvalue weighted by Gasteiger charge is 2.35. The average molecular weight is 273 g/mol. The van der Waals surface area contributed by atoms with Crippen LogP contribution in [0.25, 0.3) is 0 Å². The van der Waals surface area contributed by atoms with Gasteiger partial charge in [0.15, 0.2) is 0 Å². The van der Waals surface area contributed by atoms with Gasteiger partial charge in [-0.1, -0.05) is 6.08 Å². The molecule has 3 nitrogen and oxygen atoms in total. The molecule has 1 aromatic carbocycles. The molecule has 0 atom stereocenters. The Kier molecular flexibility index (Phi) is 4.58. The molecule has 104 valence electrons. The topological polar surface area (TPSA) is 40.5 Å². The van der Waals surface area contributed by atoms with Crippen LogP contribution < -0.4 is 4.90 Å². The van der Waals surface area contributed by atoms with Gasteiger partial charge in [-0.2, -0.15) is 13.2 Å². The van der Waals surface area contributed by atoms with Crippen molar-refractivity contribution in [3.8, 4) is 0 Å². The Morgan fingerprint density at radius 3 is 2.53 bits per heavy atom. The van der Waals surface area contributed by atoms with E-state index >= 15 is 0 Å². The van der Waals surface area contributed by atoms with Crippen LogP contribution in [0.5, 0.6) is 0 Å². The number of halogens is 3. The number of aromatic carboxylic acids is 1. The SMILES string of the molecule is C=CCN(CC)c1ccc(C(F)(F)F)c(C(=O)O)c1. The standard InChI is InChI=1S/C13H14F3NO2/c1-3-7-17(4-2)9-5-6-11(13(14,15)16)10(8-9)12(18)19/h3,5-6,8H,1,4,7H2,2H3,(H,18,19). The first kappa shape index (κ1) is 15.1. The van der Waals surface area contributed by atoms with Crippen LogP contribution in [0.15, 0.2) is 30.9 Å². The van der Waals surface area contributed by atoms with Gasteiger partial charge in [-0.05, 0) is 25.1 Å². The van der Waals surface area contributed by atoms with Gasteiger partial charge in [-0.3, -0.25) is 0 Å². The molecule has 0 fully saturated rings. The van der Waals surface area contributed by atoms with E-state index in [1.165, 1.54) is 6.07 Å². The highest BCUT2D eigenvalue weighted by molar-refractivity contribution is 5.91. The van der Waals surface area contributed by atoms with Crippen molar-refractivity contribution < 1.29 is 23.1 Å². The van der Waals surface area contributed by atoms with Crippen LogP contribution in [0.1, 0.15) is 22.8 Å². The van der Waals surface area contributed by atoms with Crippen molar-refractivity contribution >= 4 is 11.7 Å². The van der Waals surface area contributed by atoms with E-state index < -0.39 is 23.3 Å². The van der Waals surface area contributed by atoms with Gasteiger partial charge < -0.3 is 10.0 Å². The van der Waals surface area contributed by atoms with Crippen molar-refractivity contribution in [1.82, 2.24) is 0 Å². The predicted octanol–water partition coefficient (Wildman–Crippen LogP) is 3.42. The highest BCUT2D eigenvalue weighted by Crippen LogP contribution is 2.34. The number of likely N-dealkylation sites (N-methyl/N-ethyl adjacent to an activating group) is 1. The van der Waals surface area contributed by atoms with Crippen molar-refractivity contribution in [1.29, 1.82) is 0 Å². The number of carboxylic acids is 1.